The Balaban J connectivity index is 1.50. The number of pyridine rings is 1. The lowest BCUT2D eigenvalue weighted by Gasteiger charge is -2.29. The average molecular weight is 476 g/mol. The van der Waals surface area contributed by atoms with Gasteiger partial charge in [0.25, 0.3) is 5.91 Å². The summed E-state index contributed by atoms with van der Waals surface area (Å²) in [5.74, 6) is 1.68. The summed E-state index contributed by atoms with van der Waals surface area (Å²) in [5, 5.41) is 3.44. The number of anilines is 2. The lowest BCUT2D eigenvalue weighted by Crippen LogP contribution is -2.44. The number of rotatable bonds is 3. The third kappa shape index (κ3) is 3.46. The predicted molar refractivity (Wildman–Crippen MR) is 116 cm³/mol. The van der Waals surface area contributed by atoms with Crippen molar-refractivity contribution in [1.29, 1.82) is 0 Å². The molecule has 2 aromatic rings. The molecule has 1 aromatic carbocycles. The minimum Gasteiger partial charge on any atom is -0.340 e. The summed E-state index contributed by atoms with van der Waals surface area (Å²) in [6.07, 6.45) is 4.99. The highest BCUT2D eigenvalue weighted by Gasteiger charge is 2.42. The van der Waals surface area contributed by atoms with Gasteiger partial charge in [-0.05, 0) is 54.9 Å². The maximum Gasteiger partial charge on any atom is 0.255 e. The van der Waals surface area contributed by atoms with Gasteiger partial charge in [0.1, 0.15) is 5.82 Å². The minimum absolute atomic E-state index is 0.0446. The van der Waals surface area contributed by atoms with Crippen molar-refractivity contribution in [3.63, 3.8) is 0 Å². The maximum absolute atomic E-state index is 13.2. The first-order valence-electron chi connectivity index (χ1n) is 9.96. The average Bonchev–Trinajstić information content (AvgIpc) is 3.30. The van der Waals surface area contributed by atoms with E-state index in [2.05, 4.69) is 26.2 Å². The van der Waals surface area contributed by atoms with Crippen molar-refractivity contribution < 1.29 is 13.2 Å². The molecule has 2 fully saturated rings. The predicted octanol–water partition coefficient (Wildman–Crippen LogP) is 3.82. The lowest BCUT2D eigenvalue weighted by atomic mass is 9.88. The Bertz CT molecular complexity index is 1090. The summed E-state index contributed by atoms with van der Waals surface area (Å²) in [5.41, 5.74) is 3.92. The number of carbonyl (C=O) groups excluding carboxylic acids is 1. The molecule has 3 aliphatic rings. The van der Waals surface area contributed by atoms with Crippen LogP contribution in [0, 0.1) is 0 Å². The van der Waals surface area contributed by atoms with Gasteiger partial charge in [0.05, 0.1) is 17.1 Å². The van der Waals surface area contributed by atoms with E-state index in [1.807, 2.05) is 24.3 Å². The standard InChI is InChI=1S/C21H22BrN3O3S/c22-15-2-1-3-16(11-15)24-20-19-14-5-4-13(10-14)18(19)17(12-23-20)21(26)25-6-8-29(27,28)9-7-25/h1-3,11-14H,4-10H2,(H,23,24). The fourth-order valence-electron chi connectivity index (χ4n) is 4.96. The second-order valence-electron chi connectivity index (χ2n) is 8.13. The number of benzene rings is 1. The molecule has 1 amide bonds. The number of halogens is 1. The zero-order valence-electron chi connectivity index (χ0n) is 15.9. The van der Waals surface area contributed by atoms with Gasteiger partial charge in [0.15, 0.2) is 9.84 Å². The number of sulfone groups is 1. The number of hydrogen-bond acceptors (Lipinski definition) is 5. The van der Waals surface area contributed by atoms with Crippen LogP contribution >= 0.6 is 15.9 Å². The van der Waals surface area contributed by atoms with Crippen molar-refractivity contribution in [2.24, 2.45) is 0 Å². The molecule has 0 radical (unpaired) electrons. The van der Waals surface area contributed by atoms with Crippen LogP contribution in [0.15, 0.2) is 34.9 Å². The van der Waals surface area contributed by atoms with Gasteiger partial charge in [-0.3, -0.25) is 4.79 Å². The zero-order valence-corrected chi connectivity index (χ0v) is 18.3. The van der Waals surface area contributed by atoms with E-state index >= 15 is 0 Å². The molecule has 5 rings (SSSR count). The molecule has 6 nitrogen and oxygen atoms in total. The Morgan fingerprint density at radius 2 is 1.86 bits per heavy atom. The fourth-order valence-corrected chi connectivity index (χ4v) is 6.56. The summed E-state index contributed by atoms with van der Waals surface area (Å²) >= 11 is 3.50. The number of nitrogens with zero attached hydrogens (tertiary/aromatic N) is 2. The number of aromatic nitrogens is 1. The molecular weight excluding hydrogens is 454 g/mol. The monoisotopic (exact) mass is 475 g/mol. The fraction of sp³-hybridized carbons (Fsp3) is 0.429. The van der Waals surface area contributed by atoms with Crippen molar-refractivity contribution in [2.45, 2.75) is 31.1 Å². The van der Waals surface area contributed by atoms with Gasteiger partial charge in [-0.2, -0.15) is 0 Å². The van der Waals surface area contributed by atoms with E-state index < -0.39 is 9.84 Å². The van der Waals surface area contributed by atoms with Crippen LogP contribution in [0.4, 0.5) is 11.5 Å². The largest absolute Gasteiger partial charge is 0.340 e. The molecule has 2 unspecified atom stereocenters. The smallest absolute Gasteiger partial charge is 0.255 e. The molecule has 8 heteroatoms. The van der Waals surface area contributed by atoms with E-state index in [0.717, 1.165) is 40.8 Å². The second-order valence-corrected chi connectivity index (χ2v) is 11.4. The van der Waals surface area contributed by atoms with Crippen LogP contribution in [-0.2, 0) is 9.84 Å². The molecular formula is C21H22BrN3O3S. The Morgan fingerprint density at radius 1 is 1.14 bits per heavy atom. The van der Waals surface area contributed by atoms with Gasteiger partial charge in [-0.25, -0.2) is 13.4 Å². The van der Waals surface area contributed by atoms with E-state index in [-0.39, 0.29) is 30.5 Å². The van der Waals surface area contributed by atoms with Crippen molar-refractivity contribution >= 4 is 43.2 Å². The highest BCUT2D eigenvalue weighted by molar-refractivity contribution is 9.10. The van der Waals surface area contributed by atoms with Gasteiger partial charge in [0.2, 0.25) is 0 Å². The molecule has 2 aliphatic carbocycles. The van der Waals surface area contributed by atoms with Crippen LogP contribution in [0.1, 0.15) is 52.6 Å². The number of fused-ring (bicyclic) bond motifs is 5. The second kappa shape index (κ2) is 7.09. The van der Waals surface area contributed by atoms with E-state index in [4.69, 9.17) is 0 Å². The molecule has 29 heavy (non-hydrogen) atoms. The zero-order chi connectivity index (χ0) is 20.2. The van der Waals surface area contributed by atoms with Gasteiger partial charge in [0, 0.05) is 35.0 Å². The first-order chi connectivity index (χ1) is 13.9. The number of hydrogen-bond donors (Lipinski definition) is 1. The molecule has 152 valence electrons. The highest BCUT2D eigenvalue weighted by Crippen LogP contribution is 2.56. The molecule has 2 bridgehead atoms. The number of amides is 1. The maximum atomic E-state index is 13.2. The third-order valence-electron chi connectivity index (χ3n) is 6.36. The molecule has 1 N–H and O–H groups in total. The Morgan fingerprint density at radius 3 is 2.59 bits per heavy atom. The highest BCUT2D eigenvalue weighted by atomic mass is 79.9. The normalized spacial score (nSPS) is 24.4. The van der Waals surface area contributed by atoms with Crippen LogP contribution in [-0.4, -0.2) is 48.8 Å². The first-order valence-corrected chi connectivity index (χ1v) is 12.6. The summed E-state index contributed by atoms with van der Waals surface area (Å²) in [6, 6.07) is 7.96. The molecule has 2 atom stereocenters. The topological polar surface area (TPSA) is 79.4 Å². The summed E-state index contributed by atoms with van der Waals surface area (Å²) in [6.45, 7) is 0.532. The van der Waals surface area contributed by atoms with Gasteiger partial charge >= 0.3 is 0 Å². The molecule has 1 saturated heterocycles. The van der Waals surface area contributed by atoms with Crippen molar-refractivity contribution in [3.8, 4) is 0 Å². The molecule has 0 spiro atoms. The van der Waals surface area contributed by atoms with Crippen molar-refractivity contribution in [1.82, 2.24) is 9.88 Å². The van der Waals surface area contributed by atoms with E-state index in [1.54, 1.807) is 11.1 Å². The van der Waals surface area contributed by atoms with Crippen LogP contribution in [0.25, 0.3) is 0 Å². The molecule has 1 aliphatic heterocycles. The molecule has 1 aromatic heterocycles. The Labute approximate surface area is 178 Å². The van der Waals surface area contributed by atoms with Crippen LogP contribution in [0.5, 0.6) is 0 Å². The quantitative estimate of drug-likeness (QED) is 0.729. The SMILES string of the molecule is O=C(c1cnc(Nc2cccc(Br)c2)c2c1C1CCC2C1)N1CCS(=O)(=O)CC1. The van der Waals surface area contributed by atoms with Crippen molar-refractivity contribution in [3.05, 3.63) is 51.6 Å². The lowest BCUT2D eigenvalue weighted by molar-refractivity contribution is 0.0768. The van der Waals surface area contributed by atoms with Crippen LogP contribution in [0.2, 0.25) is 0 Å². The number of nitrogens with one attached hydrogen (secondary N) is 1. The third-order valence-corrected chi connectivity index (χ3v) is 8.46. The molecule has 2 heterocycles. The molecule has 1 saturated carbocycles. The van der Waals surface area contributed by atoms with Crippen molar-refractivity contribution in [2.75, 3.05) is 29.9 Å². The number of carbonyl (C=O) groups is 1. The van der Waals surface area contributed by atoms with E-state index in [1.165, 1.54) is 5.56 Å². The van der Waals surface area contributed by atoms with Gasteiger partial charge < -0.3 is 10.2 Å². The minimum atomic E-state index is -3.02. The van der Waals surface area contributed by atoms with Crippen LogP contribution in [0.3, 0.4) is 0 Å². The Hall–Kier alpha value is -1.93. The summed E-state index contributed by atoms with van der Waals surface area (Å²) < 4.78 is 24.4. The summed E-state index contributed by atoms with van der Waals surface area (Å²) in [7, 11) is -3.02. The van der Waals surface area contributed by atoms with Crippen LogP contribution < -0.4 is 5.32 Å². The Kier molecular flexibility index (Phi) is 4.66. The van der Waals surface area contributed by atoms with Gasteiger partial charge in [-0.15, -0.1) is 0 Å². The van der Waals surface area contributed by atoms with E-state index in [0.29, 0.717) is 17.4 Å². The van der Waals surface area contributed by atoms with E-state index in [9.17, 15) is 13.2 Å². The first kappa shape index (κ1) is 19.1. The summed E-state index contributed by atoms with van der Waals surface area (Å²) in [4.78, 5) is 19.5. The van der Waals surface area contributed by atoms with Gasteiger partial charge in [-0.1, -0.05) is 22.0 Å².